The lowest BCUT2D eigenvalue weighted by Gasteiger charge is -2.44. The van der Waals surface area contributed by atoms with Crippen LogP contribution in [-0.2, 0) is 13.6 Å². The van der Waals surface area contributed by atoms with E-state index in [1.807, 2.05) is 72.3 Å². The fraction of sp³-hybridized carbons (Fsp3) is 0.516. The molecule has 3 aliphatic rings. The molecule has 9 nitrogen and oxygen atoms in total. The Morgan fingerprint density at radius 3 is 2.46 bits per heavy atom. The summed E-state index contributed by atoms with van der Waals surface area (Å²) in [5, 5.41) is 5.50. The number of piperidine rings is 1. The number of aryl methyl sites for hydroxylation is 2. The van der Waals surface area contributed by atoms with E-state index in [0.717, 1.165) is 43.4 Å². The van der Waals surface area contributed by atoms with E-state index in [4.69, 9.17) is 9.47 Å². The van der Waals surface area contributed by atoms with Crippen molar-refractivity contribution in [3.63, 3.8) is 0 Å². The molecule has 3 amide bonds. The second-order valence-corrected chi connectivity index (χ2v) is 11.7. The van der Waals surface area contributed by atoms with Crippen molar-refractivity contribution in [3.05, 3.63) is 51.7 Å². The lowest BCUT2D eigenvalue weighted by Crippen LogP contribution is -2.54. The van der Waals surface area contributed by atoms with E-state index in [0.29, 0.717) is 44.8 Å². The highest BCUT2D eigenvalue weighted by Crippen LogP contribution is 2.49. The predicted octanol–water partition coefficient (Wildman–Crippen LogP) is 5.92. The first-order chi connectivity index (χ1) is 19.7. The number of hydrogen-bond acceptors (Lipinski definition) is 6. The third-order valence-electron chi connectivity index (χ3n) is 8.70. The number of benzene rings is 1. The largest absolute Gasteiger partial charge is 0.497 e. The van der Waals surface area contributed by atoms with Gasteiger partial charge in [0.15, 0.2) is 0 Å². The number of rotatable bonds is 4. The third-order valence-corrected chi connectivity index (χ3v) is 9.89. The van der Waals surface area contributed by atoms with Crippen LogP contribution in [0, 0.1) is 6.92 Å². The first-order valence-corrected chi connectivity index (χ1v) is 15.3. The molecule has 41 heavy (non-hydrogen) atoms. The number of aromatic nitrogens is 2. The molecule has 0 unspecified atom stereocenters. The maximum atomic E-state index is 13.9. The molecular formula is C31H41N5O4S. The average molecular weight is 580 g/mol. The number of nitrogens with zero attached hydrogens (tertiary/aromatic N) is 5. The fourth-order valence-corrected chi connectivity index (χ4v) is 7.90. The van der Waals surface area contributed by atoms with Crippen LogP contribution >= 0.6 is 11.3 Å². The summed E-state index contributed by atoms with van der Waals surface area (Å²) in [6.45, 7) is 12.5. The van der Waals surface area contributed by atoms with Gasteiger partial charge < -0.3 is 19.3 Å². The van der Waals surface area contributed by atoms with Crippen molar-refractivity contribution >= 4 is 33.5 Å². The van der Waals surface area contributed by atoms with E-state index in [1.165, 1.54) is 11.3 Å². The van der Waals surface area contributed by atoms with Gasteiger partial charge in [-0.3, -0.25) is 14.4 Å². The highest BCUT2D eigenvalue weighted by molar-refractivity contribution is 7.20. The molecular weight excluding hydrogens is 538 g/mol. The van der Waals surface area contributed by atoms with Crippen LogP contribution in [-0.4, -0.2) is 75.8 Å². The number of likely N-dealkylation sites (tertiary alicyclic amines) is 1. The lowest BCUT2D eigenvalue weighted by atomic mass is 9.82. The number of carbonyl (C=O) groups is 2. The van der Waals surface area contributed by atoms with Crippen LogP contribution in [0.1, 0.15) is 72.9 Å². The average Bonchev–Trinajstić information content (AvgIpc) is 3.57. The van der Waals surface area contributed by atoms with E-state index in [9.17, 15) is 9.59 Å². The van der Waals surface area contributed by atoms with Gasteiger partial charge in [0.05, 0.1) is 36.9 Å². The molecule has 0 saturated carbocycles. The summed E-state index contributed by atoms with van der Waals surface area (Å²) in [6, 6.07) is 5.93. The lowest BCUT2D eigenvalue weighted by molar-refractivity contribution is 0.0580. The Balaban J connectivity index is 0.00000165. The first-order valence-electron chi connectivity index (χ1n) is 14.5. The zero-order valence-corrected chi connectivity index (χ0v) is 26.2. The minimum atomic E-state index is -0.434. The maximum Gasteiger partial charge on any atom is 0.325 e. The molecule has 1 atom stereocenters. The van der Waals surface area contributed by atoms with Crippen molar-refractivity contribution in [2.45, 2.75) is 65.5 Å². The number of likely N-dealkylation sites (N-methyl/N-ethyl adjacent to an activating group) is 1. The van der Waals surface area contributed by atoms with Gasteiger partial charge in [0.1, 0.15) is 16.3 Å². The summed E-state index contributed by atoms with van der Waals surface area (Å²) in [5.74, 6) is 1.60. The molecule has 3 aromatic rings. The SMILES string of the molecule is CC.CCN1C(=O)N2Cc3cc(OC)cc(OC)c3[C@H](C)C=C2C12CCN(C(=O)c1cc3c(C)nn(C)c3s1)CC2. The Morgan fingerprint density at radius 2 is 1.85 bits per heavy atom. The summed E-state index contributed by atoms with van der Waals surface area (Å²) in [6.07, 6.45) is 3.65. The summed E-state index contributed by atoms with van der Waals surface area (Å²) in [7, 11) is 5.23. The molecule has 1 spiro atoms. The Labute approximate surface area is 246 Å². The van der Waals surface area contributed by atoms with Crippen LogP contribution in [0.3, 0.4) is 0 Å². The number of amides is 3. The molecule has 220 valence electrons. The minimum absolute atomic E-state index is 0.0258. The zero-order chi connectivity index (χ0) is 29.6. The second kappa shape index (κ2) is 11.0. The molecule has 1 aromatic carbocycles. The number of methoxy groups -OCH3 is 2. The van der Waals surface area contributed by atoms with Crippen molar-refractivity contribution in [2.24, 2.45) is 7.05 Å². The number of thiophene rings is 1. The number of hydrogen-bond donors (Lipinski definition) is 0. The Bertz CT molecular complexity index is 1480. The van der Waals surface area contributed by atoms with Gasteiger partial charge in [-0.1, -0.05) is 26.8 Å². The molecule has 0 aliphatic carbocycles. The first kappa shape index (κ1) is 29.0. The van der Waals surface area contributed by atoms with Gasteiger partial charge in [-0.25, -0.2) is 4.79 Å². The molecule has 3 aliphatic heterocycles. The van der Waals surface area contributed by atoms with Crippen LogP contribution < -0.4 is 9.47 Å². The van der Waals surface area contributed by atoms with E-state index < -0.39 is 5.54 Å². The molecule has 2 saturated heterocycles. The Kier molecular flexibility index (Phi) is 7.80. The normalized spacial score (nSPS) is 19.4. The number of carbonyl (C=O) groups excluding carboxylic acids is 2. The van der Waals surface area contributed by atoms with Gasteiger partial charge in [-0.05, 0) is 44.4 Å². The minimum Gasteiger partial charge on any atom is -0.497 e. The van der Waals surface area contributed by atoms with Gasteiger partial charge in [0.2, 0.25) is 0 Å². The molecule has 2 fully saturated rings. The van der Waals surface area contributed by atoms with E-state index in [2.05, 4.69) is 18.1 Å². The van der Waals surface area contributed by atoms with Crippen LogP contribution in [0.4, 0.5) is 4.79 Å². The number of urea groups is 1. The van der Waals surface area contributed by atoms with Crippen molar-refractivity contribution < 1.29 is 19.1 Å². The van der Waals surface area contributed by atoms with Gasteiger partial charge >= 0.3 is 6.03 Å². The predicted molar refractivity (Wildman–Crippen MR) is 162 cm³/mol. The van der Waals surface area contributed by atoms with Gasteiger partial charge in [-0.2, -0.15) is 5.10 Å². The van der Waals surface area contributed by atoms with E-state index in [1.54, 1.807) is 14.2 Å². The van der Waals surface area contributed by atoms with Crippen molar-refractivity contribution in [2.75, 3.05) is 33.9 Å². The van der Waals surface area contributed by atoms with Crippen LogP contribution in [0.5, 0.6) is 11.5 Å². The maximum absolute atomic E-state index is 13.9. The molecule has 10 heteroatoms. The summed E-state index contributed by atoms with van der Waals surface area (Å²) >= 11 is 1.50. The summed E-state index contributed by atoms with van der Waals surface area (Å²) < 4.78 is 13.1. The monoisotopic (exact) mass is 579 g/mol. The molecule has 0 N–H and O–H groups in total. The van der Waals surface area contributed by atoms with Gasteiger partial charge in [0, 0.05) is 55.3 Å². The fourth-order valence-electron chi connectivity index (χ4n) is 6.81. The smallest absolute Gasteiger partial charge is 0.325 e. The topological polar surface area (TPSA) is 80.1 Å². The van der Waals surface area contributed by atoms with Gasteiger partial charge in [-0.15, -0.1) is 11.3 Å². The number of ether oxygens (including phenoxy) is 2. The van der Waals surface area contributed by atoms with E-state index >= 15 is 0 Å². The molecule has 6 rings (SSSR count). The highest BCUT2D eigenvalue weighted by atomic mass is 32.1. The summed E-state index contributed by atoms with van der Waals surface area (Å²) in [4.78, 5) is 35.1. The molecule has 0 bridgehead atoms. The number of fused-ring (bicyclic) bond motifs is 4. The van der Waals surface area contributed by atoms with Crippen LogP contribution in [0.2, 0.25) is 0 Å². The Morgan fingerprint density at radius 1 is 1.15 bits per heavy atom. The van der Waals surface area contributed by atoms with Crippen LogP contribution in [0.15, 0.2) is 30.0 Å². The van der Waals surface area contributed by atoms with Crippen molar-refractivity contribution in [3.8, 4) is 11.5 Å². The van der Waals surface area contributed by atoms with E-state index in [-0.39, 0.29) is 17.9 Å². The van der Waals surface area contributed by atoms with Crippen molar-refractivity contribution in [1.29, 1.82) is 0 Å². The Hall–Kier alpha value is -3.53. The standard InChI is InChI=1S/C29H35N5O4S.C2H6/c1-7-34-28(36)33-16-19-13-20(37-5)14-22(38-6)25(19)17(2)12-24(33)29(34)8-10-32(11-9-29)26(35)23-15-21-18(3)30-31(4)27(21)39-23;1-2/h12-15,17H,7-11,16H2,1-6H3;1-2H3/t17-;/m1./s1. The molecule has 0 radical (unpaired) electrons. The second-order valence-electron chi connectivity index (χ2n) is 10.7. The van der Waals surface area contributed by atoms with Crippen molar-refractivity contribution in [1.82, 2.24) is 24.5 Å². The molecule has 5 heterocycles. The summed E-state index contributed by atoms with van der Waals surface area (Å²) in [5.41, 5.74) is 3.68. The third kappa shape index (κ3) is 4.47. The molecule has 2 aromatic heterocycles. The highest BCUT2D eigenvalue weighted by Gasteiger charge is 2.55. The number of allylic oxidation sites excluding steroid dienone is 1. The van der Waals surface area contributed by atoms with Gasteiger partial charge in [0.25, 0.3) is 5.91 Å². The van der Waals surface area contributed by atoms with Crippen LogP contribution in [0.25, 0.3) is 10.2 Å². The quantitative estimate of drug-likeness (QED) is 0.383. The zero-order valence-electron chi connectivity index (χ0n) is 25.4.